The van der Waals surface area contributed by atoms with E-state index in [0.717, 1.165) is 0 Å². The molecule has 0 atom stereocenters. The lowest BCUT2D eigenvalue weighted by molar-refractivity contribution is 0.249. The number of nitrogens with zero attached hydrogens (tertiary/aromatic N) is 1. The lowest BCUT2D eigenvalue weighted by Gasteiger charge is -2.09. The Bertz CT molecular complexity index is 659. The summed E-state index contributed by atoms with van der Waals surface area (Å²) in [4.78, 5) is 10.5. The summed E-state index contributed by atoms with van der Waals surface area (Å²) in [7, 11) is 0. The van der Waals surface area contributed by atoms with E-state index in [4.69, 9.17) is 10.5 Å². The number of urea groups is 1. The summed E-state index contributed by atoms with van der Waals surface area (Å²) in [5, 5.41) is 3.67. The molecular formula is C15H14FN3O2. The average molecular weight is 287 g/mol. The van der Waals surface area contributed by atoms with Crippen LogP contribution in [0.3, 0.4) is 0 Å². The molecule has 21 heavy (non-hydrogen) atoms. The van der Waals surface area contributed by atoms with Gasteiger partial charge in [0.2, 0.25) is 0 Å². The smallest absolute Gasteiger partial charge is 0.332 e. The third kappa shape index (κ3) is 4.31. The van der Waals surface area contributed by atoms with Gasteiger partial charge in [0.25, 0.3) is 0 Å². The van der Waals surface area contributed by atoms with Crippen molar-refractivity contribution in [2.24, 2.45) is 10.8 Å². The number of hydrazone groups is 1. The van der Waals surface area contributed by atoms with Crippen LogP contribution in [-0.4, -0.2) is 12.2 Å². The number of amides is 2. The molecule has 2 amide bonds. The van der Waals surface area contributed by atoms with Gasteiger partial charge in [-0.1, -0.05) is 30.3 Å². The standard InChI is InChI=1S/C15H14FN3O2/c16-13-7-3-1-6-12(13)10-21-14-8-4-2-5-11(14)9-18-19-15(17)20/h1-9H,10H2,(H3,17,19,20)/b18-9+. The van der Waals surface area contributed by atoms with E-state index >= 15 is 0 Å². The molecule has 108 valence electrons. The van der Waals surface area contributed by atoms with Gasteiger partial charge < -0.3 is 10.5 Å². The summed E-state index contributed by atoms with van der Waals surface area (Å²) in [5.74, 6) is 0.204. The fraction of sp³-hybridized carbons (Fsp3) is 0.0667. The number of nitrogens with one attached hydrogen (secondary N) is 1. The second-order valence-electron chi connectivity index (χ2n) is 4.15. The highest BCUT2D eigenvalue weighted by molar-refractivity contribution is 5.84. The average Bonchev–Trinajstić information content (AvgIpc) is 2.47. The topological polar surface area (TPSA) is 76.7 Å². The van der Waals surface area contributed by atoms with Crippen LogP contribution in [0.25, 0.3) is 0 Å². The Hall–Kier alpha value is -2.89. The molecule has 0 saturated heterocycles. The van der Waals surface area contributed by atoms with Gasteiger partial charge in [-0.3, -0.25) is 0 Å². The van der Waals surface area contributed by atoms with Crippen molar-refractivity contribution in [2.75, 3.05) is 0 Å². The van der Waals surface area contributed by atoms with E-state index in [1.165, 1.54) is 12.3 Å². The summed E-state index contributed by atoms with van der Waals surface area (Å²) in [6.45, 7) is 0.0980. The largest absolute Gasteiger partial charge is 0.488 e. The maximum atomic E-state index is 13.5. The van der Waals surface area contributed by atoms with Crippen LogP contribution in [0.2, 0.25) is 0 Å². The van der Waals surface area contributed by atoms with Crippen molar-refractivity contribution >= 4 is 12.2 Å². The summed E-state index contributed by atoms with van der Waals surface area (Å²) in [5.41, 5.74) is 8.11. The highest BCUT2D eigenvalue weighted by atomic mass is 19.1. The number of ether oxygens (including phenoxy) is 1. The number of carbonyl (C=O) groups is 1. The number of primary amides is 1. The van der Waals surface area contributed by atoms with Crippen molar-refractivity contribution in [1.29, 1.82) is 0 Å². The van der Waals surface area contributed by atoms with E-state index in [-0.39, 0.29) is 12.4 Å². The second kappa shape index (κ2) is 7.04. The molecule has 0 saturated carbocycles. The molecule has 5 nitrogen and oxygen atoms in total. The van der Waals surface area contributed by atoms with Crippen molar-refractivity contribution < 1.29 is 13.9 Å². The Labute approximate surface area is 121 Å². The van der Waals surface area contributed by atoms with Crippen molar-refractivity contribution in [1.82, 2.24) is 5.43 Å². The van der Waals surface area contributed by atoms with Crippen LogP contribution in [-0.2, 0) is 6.61 Å². The van der Waals surface area contributed by atoms with E-state index in [2.05, 4.69) is 10.5 Å². The predicted octanol–water partition coefficient (Wildman–Crippen LogP) is 2.41. The van der Waals surface area contributed by atoms with E-state index in [1.807, 2.05) is 0 Å². The van der Waals surface area contributed by atoms with Gasteiger partial charge in [-0.2, -0.15) is 5.10 Å². The van der Waals surface area contributed by atoms with Gasteiger partial charge in [-0.05, 0) is 18.2 Å². The van der Waals surface area contributed by atoms with Crippen LogP contribution in [0.4, 0.5) is 9.18 Å². The van der Waals surface area contributed by atoms with Gasteiger partial charge >= 0.3 is 6.03 Å². The predicted molar refractivity (Wildman–Crippen MR) is 77.5 cm³/mol. The molecule has 2 aromatic rings. The molecule has 2 rings (SSSR count). The molecule has 0 radical (unpaired) electrons. The Morgan fingerprint density at radius 1 is 1.24 bits per heavy atom. The molecule has 3 N–H and O–H groups in total. The van der Waals surface area contributed by atoms with Crippen LogP contribution < -0.4 is 15.9 Å². The first-order chi connectivity index (χ1) is 10.2. The van der Waals surface area contributed by atoms with E-state index in [9.17, 15) is 9.18 Å². The van der Waals surface area contributed by atoms with Gasteiger partial charge in [0.15, 0.2) is 0 Å². The lowest BCUT2D eigenvalue weighted by atomic mass is 10.2. The van der Waals surface area contributed by atoms with Crippen molar-refractivity contribution in [3.63, 3.8) is 0 Å². The highest BCUT2D eigenvalue weighted by Crippen LogP contribution is 2.18. The van der Waals surface area contributed by atoms with Crippen molar-refractivity contribution in [2.45, 2.75) is 6.61 Å². The normalized spacial score (nSPS) is 10.5. The first kappa shape index (κ1) is 14.5. The molecular weight excluding hydrogens is 273 g/mol. The minimum Gasteiger partial charge on any atom is -0.488 e. The number of benzene rings is 2. The molecule has 6 heteroatoms. The van der Waals surface area contributed by atoms with Crippen LogP contribution in [0.15, 0.2) is 53.6 Å². The summed E-state index contributed by atoms with van der Waals surface area (Å²) in [6, 6.07) is 12.7. The van der Waals surface area contributed by atoms with Crippen molar-refractivity contribution in [3.8, 4) is 5.75 Å². The monoisotopic (exact) mass is 287 g/mol. The van der Waals surface area contributed by atoms with Crippen LogP contribution in [0.5, 0.6) is 5.75 Å². The first-order valence-corrected chi connectivity index (χ1v) is 6.20. The third-order valence-electron chi connectivity index (χ3n) is 2.64. The number of nitrogens with two attached hydrogens (primary N) is 1. The minimum atomic E-state index is -0.754. The molecule has 0 aliphatic rings. The van der Waals surface area contributed by atoms with Crippen LogP contribution in [0, 0.1) is 5.82 Å². The van der Waals surface area contributed by atoms with Gasteiger partial charge in [0, 0.05) is 11.1 Å². The Kier molecular flexibility index (Phi) is 4.87. The molecule has 0 aliphatic carbocycles. The molecule has 0 bridgehead atoms. The third-order valence-corrected chi connectivity index (χ3v) is 2.64. The Morgan fingerprint density at radius 2 is 1.95 bits per heavy atom. The first-order valence-electron chi connectivity index (χ1n) is 6.20. The summed E-state index contributed by atoms with van der Waals surface area (Å²) < 4.78 is 19.1. The molecule has 0 aliphatic heterocycles. The van der Waals surface area contributed by atoms with Crippen molar-refractivity contribution in [3.05, 3.63) is 65.5 Å². The zero-order chi connectivity index (χ0) is 15.1. The molecule has 0 aromatic heterocycles. The number of carbonyl (C=O) groups excluding carboxylic acids is 1. The van der Waals surface area contributed by atoms with Gasteiger partial charge in [-0.25, -0.2) is 14.6 Å². The number of halogens is 1. The highest BCUT2D eigenvalue weighted by Gasteiger charge is 2.04. The molecule has 0 heterocycles. The lowest BCUT2D eigenvalue weighted by Crippen LogP contribution is -2.24. The fourth-order valence-corrected chi connectivity index (χ4v) is 1.66. The SMILES string of the molecule is NC(=O)N/N=C/c1ccccc1OCc1ccccc1F. The number of rotatable bonds is 5. The Balaban J connectivity index is 2.08. The van der Waals surface area contributed by atoms with Gasteiger partial charge in [0.05, 0.1) is 6.21 Å². The number of para-hydroxylation sites is 1. The maximum Gasteiger partial charge on any atom is 0.332 e. The fourth-order valence-electron chi connectivity index (χ4n) is 1.66. The molecule has 2 aromatic carbocycles. The van der Waals surface area contributed by atoms with Gasteiger partial charge in [-0.15, -0.1) is 0 Å². The Morgan fingerprint density at radius 3 is 2.71 bits per heavy atom. The number of hydrogen-bond donors (Lipinski definition) is 2. The second-order valence-corrected chi connectivity index (χ2v) is 4.15. The zero-order valence-corrected chi connectivity index (χ0v) is 11.1. The van der Waals surface area contributed by atoms with E-state index < -0.39 is 6.03 Å². The van der Waals surface area contributed by atoms with Crippen LogP contribution in [0.1, 0.15) is 11.1 Å². The maximum absolute atomic E-state index is 13.5. The zero-order valence-electron chi connectivity index (χ0n) is 11.1. The van der Waals surface area contributed by atoms with E-state index in [0.29, 0.717) is 16.9 Å². The summed E-state index contributed by atoms with van der Waals surface area (Å²) in [6.07, 6.45) is 1.40. The van der Waals surface area contributed by atoms with E-state index in [1.54, 1.807) is 42.5 Å². The minimum absolute atomic E-state index is 0.0980. The van der Waals surface area contributed by atoms with Gasteiger partial charge in [0.1, 0.15) is 18.2 Å². The molecule has 0 spiro atoms. The summed E-state index contributed by atoms with van der Waals surface area (Å²) >= 11 is 0. The number of hydrogen-bond acceptors (Lipinski definition) is 3. The molecule has 0 unspecified atom stereocenters. The quantitative estimate of drug-likeness (QED) is 0.654. The molecule has 0 fully saturated rings. The van der Waals surface area contributed by atoms with Crippen LogP contribution >= 0.6 is 0 Å².